The van der Waals surface area contributed by atoms with Gasteiger partial charge in [-0.15, -0.1) is 0 Å². The maximum Gasteiger partial charge on any atom is 0.259 e. The number of likely N-dealkylation sites (N-methyl/N-ethyl adjacent to an activating group) is 1. The highest BCUT2D eigenvalue weighted by Gasteiger charge is 2.42. The zero-order valence-corrected chi connectivity index (χ0v) is 14.0. The second-order valence-corrected chi connectivity index (χ2v) is 6.49. The fourth-order valence-corrected chi connectivity index (χ4v) is 3.53. The largest absolute Gasteiger partial charge is 0.470 e. The van der Waals surface area contributed by atoms with Crippen molar-refractivity contribution in [3.8, 4) is 5.88 Å². The van der Waals surface area contributed by atoms with Crippen molar-refractivity contribution in [3.63, 3.8) is 0 Å². The number of ether oxygens (including phenoxy) is 1. The summed E-state index contributed by atoms with van der Waals surface area (Å²) in [6, 6.07) is 3.54. The molecular weight excluding hydrogens is 308 g/mol. The number of hydrogen-bond donors (Lipinski definition) is 0. The second kappa shape index (κ2) is 5.59. The summed E-state index contributed by atoms with van der Waals surface area (Å²) < 4.78 is 11.3. The first-order chi connectivity index (χ1) is 11.5. The molecule has 2 aromatic rings. The topological polar surface area (TPSA) is 71.7 Å². The van der Waals surface area contributed by atoms with E-state index in [1.54, 1.807) is 23.2 Å². The van der Waals surface area contributed by atoms with E-state index in [0.29, 0.717) is 11.4 Å². The van der Waals surface area contributed by atoms with Gasteiger partial charge in [0, 0.05) is 38.4 Å². The number of fused-ring (bicyclic) bond motifs is 2. The Morgan fingerprint density at radius 3 is 2.92 bits per heavy atom. The second-order valence-electron chi connectivity index (χ2n) is 6.49. The van der Waals surface area contributed by atoms with Gasteiger partial charge in [0.25, 0.3) is 5.91 Å². The molecule has 0 spiro atoms. The van der Waals surface area contributed by atoms with E-state index >= 15 is 0 Å². The third-order valence-electron chi connectivity index (χ3n) is 4.96. The molecular formula is C17H20N4O3. The summed E-state index contributed by atoms with van der Waals surface area (Å²) in [5.74, 6) is 1.24. The maximum absolute atomic E-state index is 12.7. The summed E-state index contributed by atoms with van der Waals surface area (Å²) in [5.41, 5.74) is 2.56. The molecule has 0 bridgehead atoms. The highest BCUT2D eigenvalue weighted by atomic mass is 16.5. The lowest BCUT2D eigenvalue weighted by atomic mass is 10.2. The molecule has 7 nitrogen and oxygen atoms in total. The van der Waals surface area contributed by atoms with Crippen LogP contribution in [0.1, 0.15) is 27.4 Å². The molecule has 0 radical (unpaired) electrons. The quantitative estimate of drug-likeness (QED) is 0.830. The third kappa shape index (κ3) is 2.36. The molecule has 24 heavy (non-hydrogen) atoms. The molecule has 2 atom stereocenters. The first-order valence-corrected chi connectivity index (χ1v) is 8.07. The van der Waals surface area contributed by atoms with Crippen LogP contribution in [0.25, 0.3) is 0 Å². The number of pyridine rings is 1. The van der Waals surface area contributed by atoms with Crippen molar-refractivity contribution < 1.29 is 14.1 Å². The van der Waals surface area contributed by atoms with Crippen LogP contribution >= 0.6 is 0 Å². The SMILES string of the molecule is Cc1noc(C)c1CN1CC2Oc3ncccc3C(=O)N(C)C2C1. The lowest BCUT2D eigenvalue weighted by Crippen LogP contribution is -2.44. The van der Waals surface area contributed by atoms with Gasteiger partial charge in [0.05, 0.1) is 11.7 Å². The zero-order valence-electron chi connectivity index (χ0n) is 14.0. The van der Waals surface area contributed by atoms with E-state index in [1.807, 2.05) is 20.9 Å². The molecule has 2 aromatic heterocycles. The van der Waals surface area contributed by atoms with Gasteiger partial charge in [0.1, 0.15) is 17.4 Å². The first-order valence-electron chi connectivity index (χ1n) is 8.07. The summed E-state index contributed by atoms with van der Waals surface area (Å²) in [6.07, 6.45) is 1.57. The number of hydrogen-bond acceptors (Lipinski definition) is 6. The average Bonchev–Trinajstić information content (AvgIpc) is 3.09. The van der Waals surface area contributed by atoms with Crippen LogP contribution in [-0.4, -0.2) is 58.1 Å². The molecule has 2 aliphatic heterocycles. The van der Waals surface area contributed by atoms with E-state index in [-0.39, 0.29) is 18.1 Å². The van der Waals surface area contributed by atoms with Gasteiger partial charge in [-0.25, -0.2) is 4.98 Å². The molecule has 0 N–H and O–H groups in total. The number of aromatic nitrogens is 2. The van der Waals surface area contributed by atoms with Crippen molar-refractivity contribution in [1.82, 2.24) is 19.9 Å². The van der Waals surface area contributed by atoms with Gasteiger partial charge in [0.2, 0.25) is 5.88 Å². The molecule has 1 fully saturated rings. The van der Waals surface area contributed by atoms with Crippen molar-refractivity contribution in [2.75, 3.05) is 20.1 Å². The number of likely N-dealkylation sites (tertiary alicyclic amines) is 1. The van der Waals surface area contributed by atoms with Gasteiger partial charge < -0.3 is 14.2 Å². The van der Waals surface area contributed by atoms with Gasteiger partial charge >= 0.3 is 0 Å². The van der Waals surface area contributed by atoms with Crippen LogP contribution in [0.5, 0.6) is 5.88 Å². The molecule has 2 unspecified atom stereocenters. The van der Waals surface area contributed by atoms with E-state index < -0.39 is 0 Å². The highest BCUT2D eigenvalue weighted by Crippen LogP contribution is 2.30. The monoisotopic (exact) mass is 328 g/mol. The molecule has 4 rings (SSSR count). The van der Waals surface area contributed by atoms with Crippen molar-refractivity contribution in [1.29, 1.82) is 0 Å². The van der Waals surface area contributed by atoms with E-state index in [0.717, 1.165) is 36.7 Å². The van der Waals surface area contributed by atoms with Crippen molar-refractivity contribution in [3.05, 3.63) is 40.9 Å². The first kappa shape index (κ1) is 15.1. The number of nitrogens with zero attached hydrogens (tertiary/aromatic N) is 4. The van der Waals surface area contributed by atoms with Crippen molar-refractivity contribution in [2.24, 2.45) is 0 Å². The summed E-state index contributed by atoms with van der Waals surface area (Å²) in [7, 11) is 1.84. The molecule has 7 heteroatoms. The number of amides is 1. The Bertz CT molecular complexity index is 768. The average molecular weight is 328 g/mol. The molecule has 4 heterocycles. The molecule has 0 aromatic carbocycles. The summed E-state index contributed by atoms with van der Waals surface area (Å²) >= 11 is 0. The lowest BCUT2D eigenvalue weighted by Gasteiger charge is -2.25. The smallest absolute Gasteiger partial charge is 0.259 e. The van der Waals surface area contributed by atoms with Gasteiger partial charge in [0.15, 0.2) is 0 Å². The van der Waals surface area contributed by atoms with E-state index in [1.165, 1.54) is 0 Å². The van der Waals surface area contributed by atoms with Gasteiger partial charge in [-0.1, -0.05) is 5.16 Å². The number of aryl methyl sites for hydroxylation is 2. The van der Waals surface area contributed by atoms with E-state index in [4.69, 9.17) is 9.26 Å². The Morgan fingerprint density at radius 1 is 1.33 bits per heavy atom. The number of rotatable bonds is 2. The van der Waals surface area contributed by atoms with Gasteiger partial charge in [-0.3, -0.25) is 9.69 Å². The zero-order chi connectivity index (χ0) is 16.8. The standard InChI is InChI=1S/C17H20N4O3/c1-10-13(11(2)24-19-10)7-21-8-14-15(9-21)23-16-12(5-4-6-18-16)17(22)20(14)3/h4-6,14-15H,7-9H2,1-3H3. The Morgan fingerprint density at radius 2 is 2.17 bits per heavy atom. The maximum atomic E-state index is 12.7. The van der Waals surface area contributed by atoms with Crippen LogP contribution in [-0.2, 0) is 6.54 Å². The van der Waals surface area contributed by atoms with Crippen LogP contribution < -0.4 is 4.74 Å². The summed E-state index contributed by atoms with van der Waals surface area (Å²) in [6.45, 7) is 6.12. The Labute approximate surface area is 140 Å². The Balaban J connectivity index is 1.58. The normalized spacial score (nSPS) is 23.6. The summed E-state index contributed by atoms with van der Waals surface area (Å²) in [4.78, 5) is 21.0. The van der Waals surface area contributed by atoms with Gasteiger partial charge in [-0.2, -0.15) is 0 Å². The lowest BCUT2D eigenvalue weighted by molar-refractivity contribution is 0.0680. The molecule has 1 amide bonds. The molecule has 0 aliphatic carbocycles. The van der Waals surface area contributed by atoms with Crippen LogP contribution in [0.15, 0.2) is 22.9 Å². The van der Waals surface area contributed by atoms with E-state index in [2.05, 4.69) is 15.0 Å². The number of carbonyl (C=O) groups excluding carboxylic acids is 1. The van der Waals surface area contributed by atoms with Gasteiger partial charge in [-0.05, 0) is 26.0 Å². The fourth-order valence-electron chi connectivity index (χ4n) is 3.53. The van der Waals surface area contributed by atoms with E-state index in [9.17, 15) is 4.79 Å². The minimum Gasteiger partial charge on any atom is -0.470 e. The summed E-state index contributed by atoms with van der Waals surface area (Å²) in [5, 5.41) is 4.01. The molecule has 2 aliphatic rings. The predicted octanol–water partition coefficient (Wildman–Crippen LogP) is 1.40. The van der Waals surface area contributed by atoms with Crippen LogP contribution in [0.3, 0.4) is 0 Å². The van der Waals surface area contributed by atoms with Crippen LogP contribution in [0.4, 0.5) is 0 Å². The molecule has 126 valence electrons. The Kier molecular flexibility index (Phi) is 3.53. The van der Waals surface area contributed by atoms with Crippen LogP contribution in [0, 0.1) is 13.8 Å². The number of carbonyl (C=O) groups is 1. The minimum atomic E-state index is -0.0874. The molecule has 0 saturated carbocycles. The van der Waals surface area contributed by atoms with Crippen molar-refractivity contribution in [2.45, 2.75) is 32.5 Å². The van der Waals surface area contributed by atoms with Crippen LogP contribution in [0.2, 0.25) is 0 Å². The molecule has 1 saturated heterocycles. The van der Waals surface area contributed by atoms with Crippen molar-refractivity contribution >= 4 is 5.91 Å². The predicted molar refractivity (Wildman–Crippen MR) is 85.8 cm³/mol. The third-order valence-corrected chi connectivity index (χ3v) is 4.96. The minimum absolute atomic E-state index is 0.00664. The fraction of sp³-hybridized carbons (Fsp3) is 0.471. The highest BCUT2D eigenvalue weighted by molar-refractivity contribution is 5.96. The Hall–Kier alpha value is -2.41.